The van der Waals surface area contributed by atoms with Gasteiger partial charge in [0.25, 0.3) is 0 Å². The molecule has 0 aliphatic rings. The van der Waals surface area contributed by atoms with Gasteiger partial charge in [-0.3, -0.25) is 4.57 Å². The van der Waals surface area contributed by atoms with Gasteiger partial charge in [-0.1, -0.05) is 17.8 Å². The largest absolute Gasteiger partial charge is 0.497 e. The summed E-state index contributed by atoms with van der Waals surface area (Å²) in [6, 6.07) is 17.1. The highest BCUT2D eigenvalue weighted by atomic mass is 32.2. The third-order valence-corrected chi connectivity index (χ3v) is 4.44. The van der Waals surface area contributed by atoms with Gasteiger partial charge in [-0.15, -0.1) is 0 Å². The second kappa shape index (κ2) is 8.27. The molecule has 0 saturated carbocycles. The molecule has 0 N–H and O–H groups in total. The number of ether oxygens (including phenoxy) is 2. The highest BCUT2D eigenvalue weighted by molar-refractivity contribution is 7.99. The summed E-state index contributed by atoms with van der Waals surface area (Å²) >= 11 is 1.62. The van der Waals surface area contributed by atoms with E-state index in [1.165, 1.54) is 0 Å². The van der Waals surface area contributed by atoms with E-state index in [4.69, 9.17) is 14.7 Å². The molecule has 5 nitrogen and oxygen atoms in total. The average Bonchev–Trinajstić information content (AvgIpc) is 3.14. The fourth-order valence-electron chi connectivity index (χ4n) is 2.27. The summed E-state index contributed by atoms with van der Waals surface area (Å²) in [4.78, 5) is 4.41. The first kappa shape index (κ1) is 16.9. The summed E-state index contributed by atoms with van der Waals surface area (Å²) in [5.74, 6) is 2.34. The van der Waals surface area contributed by atoms with E-state index in [2.05, 4.69) is 11.1 Å². The number of hydrogen-bond donors (Lipinski definition) is 0. The van der Waals surface area contributed by atoms with Crippen molar-refractivity contribution < 1.29 is 9.47 Å². The van der Waals surface area contributed by atoms with Crippen LogP contribution in [0, 0.1) is 11.3 Å². The second-order valence-corrected chi connectivity index (χ2v) is 6.18. The van der Waals surface area contributed by atoms with E-state index in [1.54, 1.807) is 49.3 Å². The average molecular weight is 351 g/mol. The molecule has 25 heavy (non-hydrogen) atoms. The normalized spacial score (nSPS) is 10.2. The molecule has 3 aromatic rings. The van der Waals surface area contributed by atoms with Gasteiger partial charge in [-0.05, 0) is 36.4 Å². The van der Waals surface area contributed by atoms with Crippen LogP contribution in [-0.2, 0) is 0 Å². The van der Waals surface area contributed by atoms with Crippen LogP contribution in [0.25, 0.3) is 5.69 Å². The van der Waals surface area contributed by atoms with Crippen molar-refractivity contribution >= 4 is 11.8 Å². The molecule has 0 unspecified atom stereocenters. The van der Waals surface area contributed by atoms with Crippen molar-refractivity contribution in [2.75, 3.05) is 19.5 Å². The molecule has 0 saturated heterocycles. The van der Waals surface area contributed by atoms with E-state index in [1.807, 2.05) is 35.0 Å². The minimum absolute atomic E-state index is 0.557. The van der Waals surface area contributed by atoms with Crippen molar-refractivity contribution in [1.82, 2.24) is 9.55 Å². The molecular weight excluding hydrogens is 334 g/mol. The van der Waals surface area contributed by atoms with Crippen LogP contribution in [0.3, 0.4) is 0 Å². The van der Waals surface area contributed by atoms with E-state index >= 15 is 0 Å². The highest BCUT2D eigenvalue weighted by Gasteiger charge is 2.07. The van der Waals surface area contributed by atoms with Crippen LogP contribution in [0.2, 0.25) is 0 Å². The zero-order valence-corrected chi connectivity index (χ0v) is 14.6. The third-order valence-electron chi connectivity index (χ3n) is 3.50. The van der Waals surface area contributed by atoms with E-state index in [0.717, 1.165) is 28.1 Å². The van der Waals surface area contributed by atoms with Gasteiger partial charge in [0.2, 0.25) is 0 Å². The molecule has 0 radical (unpaired) electrons. The molecule has 6 heteroatoms. The van der Waals surface area contributed by atoms with E-state index in [-0.39, 0.29) is 0 Å². The minimum atomic E-state index is 0.557. The number of nitrogens with zero attached hydrogens (tertiary/aromatic N) is 3. The standard InChI is InChI=1S/C19H17N3O2S/c1-23-18-4-2-3-16(13-18)22-10-9-21-19(22)25-12-11-24-17-7-5-15(14-20)6-8-17/h2-10,13H,11-12H2,1H3. The van der Waals surface area contributed by atoms with Crippen molar-refractivity contribution in [3.05, 3.63) is 66.5 Å². The highest BCUT2D eigenvalue weighted by Crippen LogP contribution is 2.23. The number of benzene rings is 2. The Labute approximate surface area is 150 Å². The van der Waals surface area contributed by atoms with E-state index < -0.39 is 0 Å². The second-order valence-electron chi connectivity index (χ2n) is 5.11. The van der Waals surface area contributed by atoms with Crippen LogP contribution < -0.4 is 9.47 Å². The van der Waals surface area contributed by atoms with Crippen molar-refractivity contribution in [2.24, 2.45) is 0 Å². The number of hydrogen-bond acceptors (Lipinski definition) is 5. The Balaban J connectivity index is 1.57. The smallest absolute Gasteiger partial charge is 0.172 e. The molecule has 2 aromatic carbocycles. The van der Waals surface area contributed by atoms with Crippen molar-refractivity contribution in [1.29, 1.82) is 5.26 Å². The molecule has 0 fully saturated rings. The SMILES string of the molecule is COc1cccc(-n2ccnc2SCCOc2ccc(C#N)cc2)c1. The first-order chi connectivity index (χ1) is 12.3. The van der Waals surface area contributed by atoms with Crippen LogP contribution in [-0.4, -0.2) is 29.0 Å². The lowest BCUT2D eigenvalue weighted by molar-refractivity contribution is 0.344. The topological polar surface area (TPSA) is 60.1 Å². The van der Waals surface area contributed by atoms with Gasteiger partial charge in [-0.25, -0.2) is 4.98 Å². The van der Waals surface area contributed by atoms with Crippen molar-refractivity contribution in [3.63, 3.8) is 0 Å². The maximum absolute atomic E-state index is 8.79. The summed E-state index contributed by atoms with van der Waals surface area (Å²) in [6.07, 6.45) is 3.71. The van der Waals surface area contributed by atoms with Crippen molar-refractivity contribution in [2.45, 2.75) is 5.16 Å². The molecular formula is C19H17N3O2S. The lowest BCUT2D eigenvalue weighted by Crippen LogP contribution is -2.02. The Morgan fingerprint density at radius 2 is 2.00 bits per heavy atom. The summed E-state index contributed by atoms with van der Waals surface area (Å²) < 4.78 is 13.0. The Morgan fingerprint density at radius 3 is 2.76 bits per heavy atom. The lowest BCUT2D eigenvalue weighted by Gasteiger charge is -2.09. The molecule has 0 aliphatic carbocycles. The number of rotatable bonds is 7. The zero-order chi connectivity index (χ0) is 17.5. The summed E-state index contributed by atoms with van der Waals surface area (Å²) in [6.45, 7) is 0.557. The van der Waals surface area contributed by atoms with Crippen LogP contribution in [0.1, 0.15) is 5.56 Å². The monoisotopic (exact) mass is 351 g/mol. The predicted molar refractivity (Wildman–Crippen MR) is 97.5 cm³/mol. The van der Waals surface area contributed by atoms with Gasteiger partial charge in [0.15, 0.2) is 5.16 Å². The fraction of sp³-hybridized carbons (Fsp3) is 0.158. The Morgan fingerprint density at radius 1 is 1.16 bits per heavy atom. The lowest BCUT2D eigenvalue weighted by atomic mass is 10.2. The minimum Gasteiger partial charge on any atom is -0.497 e. The van der Waals surface area contributed by atoms with Crippen molar-refractivity contribution in [3.8, 4) is 23.3 Å². The molecule has 0 spiro atoms. The molecule has 0 bridgehead atoms. The Hall–Kier alpha value is -2.91. The van der Waals surface area contributed by atoms with Crippen LogP contribution in [0.4, 0.5) is 0 Å². The van der Waals surface area contributed by atoms with Gasteiger partial charge in [0, 0.05) is 24.2 Å². The van der Waals surface area contributed by atoms with E-state index in [9.17, 15) is 0 Å². The van der Waals surface area contributed by atoms with Gasteiger partial charge >= 0.3 is 0 Å². The molecule has 3 rings (SSSR count). The Kier molecular flexibility index (Phi) is 5.60. The molecule has 0 amide bonds. The molecule has 1 aromatic heterocycles. The number of thioether (sulfide) groups is 1. The third kappa shape index (κ3) is 4.34. The van der Waals surface area contributed by atoms with Crippen LogP contribution in [0.5, 0.6) is 11.5 Å². The maximum atomic E-state index is 8.79. The van der Waals surface area contributed by atoms with Gasteiger partial charge in [-0.2, -0.15) is 5.26 Å². The summed E-state index contributed by atoms with van der Waals surface area (Å²) in [5.41, 5.74) is 1.63. The summed E-state index contributed by atoms with van der Waals surface area (Å²) in [5, 5.41) is 9.69. The summed E-state index contributed by atoms with van der Waals surface area (Å²) in [7, 11) is 1.66. The van der Waals surface area contributed by atoms with Crippen LogP contribution >= 0.6 is 11.8 Å². The van der Waals surface area contributed by atoms with Gasteiger partial charge < -0.3 is 9.47 Å². The van der Waals surface area contributed by atoms with E-state index in [0.29, 0.717) is 12.2 Å². The number of imidazole rings is 1. The number of aromatic nitrogens is 2. The molecule has 0 aliphatic heterocycles. The number of nitriles is 1. The molecule has 126 valence electrons. The first-order valence-electron chi connectivity index (χ1n) is 7.73. The van der Waals surface area contributed by atoms with Gasteiger partial charge in [0.05, 0.1) is 31.0 Å². The van der Waals surface area contributed by atoms with Crippen LogP contribution in [0.15, 0.2) is 66.1 Å². The Bertz CT molecular complexity index is 869. The predicted octanol–water partition coefficient (Wildman–Crippen LogP) is 3.92. The maximum Gasteiger partial charge on any atom is 0.172 e. The first-order valence-corrected chi connectivity index (χ1v) is 8.72. The fourth-order valence-corrected chi connectivity index (χ4v) is 3.06. The van der Waals surface area contributed by atoms with Gasteiger partial charge in [0.1, 0.15) is 11.5 Å². The quantitative estimate of drug-likeness (QED) is 0.477. The zero-order valence-electron chi connectivity index (χ0n) is 13.8. The molecule has 0 atom stereocenters. The molecule has 1 heterocycles. The number of methoxy groups -OCH3 is 1.